The molecule has 6 heteroatoms. The largest absolute Gasteiger partial charge is 0.461 e. The zero-order valence-electron chi connectivity index (χ0n) is 17.1. The first kappa shape index (κ1) is 21.5. The minimum atomic E-state index is -1.50. The summed E-state index contributed by atoms with van der Waals surface area (Å²) in [6.45, 7) is 1.52. The molecule has 1 unspecified atom stereocenters. The summed E-state index contributed by atoms with van der Waals surface area (Å²) < 4.78 is 11.5. The Kier molecular flexibility index (Phi) is 6.36. The predicted octanol–water partition coefficient (Wildman–Crippen LogP) is 2.50. The number of aliphatic hydroxyl groups is 4. The average molecular weight is 422 g/mol. The number of hydrogen-bond acceptors (Lipinski definition) is 6. The van der Waals surface area contributed by atoms with Gasteiger partial charge in [0.1, 0.15) is 30.2 Å². The van der Waals surface area contributed by atoms with Crippen LogP contribution in [0.2, 0.25) is 0 Å². The van der Waals surface area contributed by atoms with E-state index in [1.54, 1.807) is 0 Å². The van der Waals surface area contributed by atoms with Gasteiger partial charge < -0.3 is 29.9 Å². The predicted molar refractivity (Wildman–Crippen MR) is 118 cm³/mol. The van der Waals surface area contributed by atoms with Crippen LogP contribution in [0.4, 0.5) is 0 Å². The van der Waals surface area contributed by atoms with Crippen LogP contribution in [-0.4, -0.2) is 57.7 Å². The molecule has 3 aromatic rings. The Hall–Kier alpha value is -2.74. The van der Waals surface area contributed by atoms with Crippen molar-refractivity contribution in [2.24, 2.45) is 0 Å². The fourth-order valence-corrected chi connectivity index (χ4v) is 3.72. The summed E-state index contributed by atoms with van der Waals surface area (Å²) in [5, 5.41) is 41.8. The maximum Gasteiger partial charge on any atom is 0.229 e. The van der Waals surface area contributed by atoms with Crippen LogP contribution < -0.4 is 4.74 Å². The van der Waals surface area contributed by atoms with Gasteiger partial charge in [0.05, 0.1) is 6.61 Å². The molecule has 1 aliphatic heterocycles. The topological polar surface area (TPSA) is 99.4 Å². The van der Waals surface area contributed by atoms with E-state index in [-0.39, 0.29) is 0 Å². The van der Waals surface area contributed by atoms with E-state index < -0.39 is 37.3 Å². The maximum absolute atomic E-state index is 10.4. The van der Waals surface area contributed by atoms with E-state index in [4.69, 9.17) is 9.47 Å². The van der Waals surface area contributed by atoms with Gasteiger partial charge in [-0.25, -0.2) is 0 Å². The van der Waals surface area contributed by atoms with Crippen molar-refractivity contribution >= 4 is 22.9 Å². The molecule has 31 heavy (non-hydrogen) atoms. The van der Waals surface area contributed by atoms with Gasteiger partial charge in [0.15, 0.2) is 0 Å². The van der Waals surface area contributed by atoms with Crippen molar-refractivity contribution in [2.75, 3.05) is 6.61 Å². The first-order valence-electron chi connectivity index (χ1n) is 10.2. The molecule has 4 N–H and O–H groups in total. The lowest BCUT2D eigenvalue weighted by molar-refractivity contribution is -0.277. The van der Waals surface area contributed by atoms with Gasteiger partial charge in [0.25, 0.3) is 0 Å². The van der Waals surface area contributed by atoms with Crippen LogP contribution in [0, 0.1) is 6.92 Å². The summed E-state index contributed by atoms with van der Waals surface area (Å²) >= 11 is 0. The fraction of sp³-hybridized carbons (Fsp3) is 0.280. The molecular formula is C25H26O6. The van der Waals surface area contributed by atoms with E-state index in [9.17, 15) is 20.4 Å². The van der Waals surface area contributed by atoms with Gasteiger partial charge >= 0.3 is 0 Å². The van der Waals surface area contributed by atoms with Crippen molar-refractivity contribution in [3.05, 3.63) is 77.4 Å². The first-order valence-corrected chi connectivity index (χ1v) is 10.2. The zero-order valence-corrected chi connectivity index (χ0v) is 17.1. The molecule has 0 bridgehead atoms. The second-order valence-corrected chi connectivity index (χ2v) is 7.80. The highest BCUT2D eigenvalue weighted by Gasteiger charge is 2.44. The minimum absolute atomic E-state index is 0.451. The van der Waals surface area contributed by atoms with Gasteiger partial charge in [-0.2, -0.15) is 0 Å². The van der Waals surface area contributed by atoms with E-state index in [2.05, 4.69) is 6.07 Å². The summed E-state index contributed by atoms with van der Waals surface area (Å²) in [6, 6.07) is 19.7. The van der Waals surface area contributed by atoms with Crippen LogP contribution >= 0.6 is 0 Å². The minimum Gasteiger partial charge on any atom is -0.461 e. The summed E-state index contributed by atoms with van der Waals surface area (Å²) in [7, 11) is 0. The molecule has 1 heterocycles. The second-order valence-electron chi connectivity index (χ2n) is 7.80. The average Bonchev–Trinajstić information content (AvgIpc) is 2.78. The zero-order chi connectivity index (χ0) is 22.0. The number of aliphatic hydroxyl groups excluding tert-OH is 4. The van der Waals surface area contributed by atoms with Gasteiger partial charge in [-0.3, -0.25) is 0 Å². The number of hydrogen-bond donors (Lipinski definition) is 4. The highest BCUT2D eigenvalue weighted by Crippen LogP contribution is 2.31. The van der Waals surface area contributed by atoms with E-state index in [1.165, 1.54) is 0 Å². The third-order valence-electron chi connectivity index (χ3n) is 5.47. The van der Waals surface area contributed by atoms with Crippen molar-refractivity contribution in [2.45, 2.75) is 37.6 Å². The highest BCUT2D eigenvalue weighted by molar-refractivity contribution is 5.88. The molecule has 0 radical (unpaired) electrons. The molecule has 5 atom stereocenters. The molecule has 1 saturated heterocycles. The lowest BCUT2D eigenvalue weighted by atomic mass is 9.99. The van der Waals surface area contributed by atoms with Crippen LogP contribution in [-0.2, 0) is 4.74 Å². The Morgan fingerprint density at radius 2 is 1.61 bits per heavy atom. The van der Waals surface area contributed by atoms with Crippen molar-refractivity contribution in [1.29, 1.82) is 0 Å². The number of aryl methyl sites for hydroxylation is 1. The highest BCUT2D eigenvalue weighted by atomic mass is 16.7. The lowest BCUT2D eigenvalue weighted by Gasteiger charge is -2.39. The van der Waals surface area contributed by atoms with Crippen molar-refractivity contribution in [3.8, 4) is 5.75 Å². The van der Waals surface area contributed by atoms with Crippen LogP contribution in [0.1, 0.15) is 16.7 Å². The SMILES string of the molecule is Cc1cccc(/C=C/c2cc3ccccc3cc2OC2O[C@H](CO)[C@@H](O)[C@H](O)[C@H]2O)c1. The molecule has 162 valence electrons. The smallest absolute Gasteiger partial charge is 0.229 e. The number of ether oxygens (including phenoxy) is 2. The molecule has 1 aliphatic rings. The van der Waals surface area contributed by atoms with E-state index >= 15 is 0 Å². The quantitative estimate of drug-likeness (QED) is 0.472. The fourth-order valence-electron chi connectivity index (χ4n) is 3.72. The van der Waals surface area contributed by atoms with Gasteiger partial charge in [-0.05, 0) is 35.4 Å². The monoisotopic (exact) mass is 422 g/mol. The molecule has 6 nitrogen and oxygen atoms in total. The molecule has 0 saturated carbocycles. The molecule has 0 aromatic heterocycles. The number of rotatable bonds is 5. The van der Waals surface area contributed by atoms with Crippen molar-refractivity contribution < 1.29 is 29.9 Å². The summed E-state index contributed by atoms with van der Waals surface area (Å²) in [6.07, 6.45) is -2.80. The van der Waals surface area contributed by atoms with Crippen LogP contribution in [0.15, 0.2) is 60.7 Å². The standard InChI is InChI=1S/C25H26O6/c1-15-5-4-6-16(11-15)9-10-19-12-17-7-2-3-8-18(17)13-20(19)30-25-24(29)23(28)22(27)21(14-26)31-25/h2-13,21-29H,14H2,1H3/b10-9+/t21-,22-,23+,24-,25?/m1/s1. The molecule has 4 rings (SSSR count). The molecular weight excluding hydrogens is 396 g/mol. The van der Waals surface area contributed by atoms with Crippen molar-refractivity contribution in [1.82, 2.24) is 0 Å². The Labute approximate surface area is 180 Å². The van der Waals surface area contributed by atoms with Crippen LogP contribution in [0.25, 0.3) is 22.9 Å². The summed E-state index contributed by atoms with van der Waals surface area (Å²) in [5.74, 6) is 0.451. The Morgan fingerprint density at radius 1 is 0.871 bits per heavy atom. The third kappa shape index (κ3) is 4.63. The molecule has 1 fully saturated rings. The number of fused-ring (bicyclic) bond motifs is 1. The van der Waals surface area contributed by atoms with Crippen LogP contribution in [0.5, 0.6) is 5.75 Å². The molecule has 0 amide bonds. The molecule has 0 aliphatic carbocycles. The molecule has 0 spiro atoms. The van der Waals surface area contributed by atoms with Gasteiger partial charge in [-0.15, -0.1) is 0 Å². The van der Waals surface area contributed by atoms with E-state index in [1.807, 2.05) is 73.7 Å². The normalized spacial score (nSPS) is 26.4. The second kappa shape index (κ2) is 9.18. The first-order chi connectivity index (χ1) is 15.0. The summed E-state index contributed by atoms with van der Waals surface area (Å²) in [5.41, 5.74) is 2.95. The molecule has 3 aromatic carbocycles. The van der Waals surface area contributed by atoms with Gasteiger partial charge in [-0.1, -0.05) is 66.2 Å². The van der Waals surface area contributed by atoms with Gasteiger partial charge in [0, 0.05) is 5.56 Å². The van der Waals surface area contributed by atoms with E-state index in [0.29, 0.717) is 5.75 Å². The number of benzene rings is 3. The van der Waals surface area contributed by atoms with Crippen LogP contribution in [0.3, 0.4) is 0 Å². The maximum atomic E-state index is 10.4. The van der Waals surface area contributed by atoms with E-state index in [0.717, 1.165) is 27.5 Å². The Balaban J connectivity index is 1.69. The Morgan fingerprint density at radius 3 is 2.32 bits per heavy atom. The lowest BCUT2D eigenvalue weighted by Crippen LogP contribution is -2.60. The Bertz CT molecular complexity index is 1080. The third-order valence-corrected chi connectivity index (χ3v) is 5.47. The van der Waals surface area contributed by atoms with Crippen molar-refractivity contribution in [3.63, 3.8) is 0 Å². The summed E-state index contributed by atoms with van der Waals surface area (Å²) in [4.78, 5) is 0. The van der Waals surface area contributed by atoms with Gasteiger partial charge in [0.2, 0.25) is 6.29 Å².